The van der Waals surface area contributed by atoms with Crippen molar-refractivity contribution in [1.29, 1.82) is 0 Å². The standard InChI is InChI=1S/C16H20N2O3S2/c1-11-9-18(10-12(2)21-11)23(19,20)16-15(22-13(3)17-16)14-7-5-4-6-8-14/h4-8,11-12H,9-10H2,1-3H3. The highest BCUT2D eigenvalue weighted by atomic mass is 32.2. The van der Waals surface area contributed by atoms with Crippen LogP contribution in [0.15, 0.2) is 35.4 Å². The van der Waals surface area contributed by atoms with Crippen LogP contribution < -0.4 is 0 Å². The number of thiazole rings is 1. The number of benzene rings is 1. The highest BCUT2D eigenvalue weighted by molar-refractivity contribution is 7.89. The Labute approximate surface area is 141 Å². The topological polar surface area (TPSA) is 59.5 Å². The number of sulfonamides is 1. The van der Waals surface area contributed by atoms with Gasteiger partial charge in [0.05, 0.1) is 22.1 Å². The second-order valence-corrected chi connectivity index (χ2v) is 8.87. The third kappa shape index (κ3) is 3.33. The summed E-state index contributed by atoms with van der Waals surface area (Å²) in [5.41, 5.74) is 0.881. The zero-order valence-corrected chi connectivity index (χ0v) is 15.0. The summed E-state index contributed by atoms with van der Waals surface area (Å²) in [6.07, 6.45) is -0.234. The van der Waals surface area contributed by atoms with Gasteiger partial charge in [-0.05, 0) is 26.3 Å². The molecule has 23 heavy (non-hydrogen) atoms. The monoisotopic (exact) mass is 352 g/mol. The molecular formula is C16H20N2O3S2. The molecule has 1 saturated heterocycles. The van der Waals surface area contributed by atoms with Crippen molar-refractivity contribution in [2.75, 3.05) is 13.1 Å². The third-order valence-corrected chi connectivity index (χ3v) is 6.62. The van der Waals surface area contributed by atoms with Gasteiger partial charge in [0.25, 0.3) is 10.0 Å². The van der Waals surface area contributed by atoms with E-state index in [4.69, 9.17) is 4.74 Å². The molecule has 124 valence electrons. The van der Waals surface area contributed by atoms with Crippen molar-refractivity contribution in [1.82, 2.24) is 9.29 Å². The average Bonchev–Trinajstić information content (AvgIpc) is 2.90. The molecule has 2 unspecified atom stereocenters. The summed E-state index contributed by atoms with van der Waals surface area (Å²) in [5.74, 6) is 0. The minimum Gasteiger partial charge on any atom is -0.373 e. The van der Waals surface area contributed by atoms with Crippen LogP contribution in [0.25, 0.3) is 10.4 Å². The van der Waals surface area contributed by atoms with E-state index >= 15 is 0 Å². The first kappa shape index (κ1) is 16.6. The minimum absolute atomic E-state index is 0.117. The molecule has 1 fully saturated rings. The van der Waals surface area contributed by atoms with Gasteiger partial charge in [-0.1, -0.05) is 30.3 Å². The van der Waals surface area contributed by atoms with Crippen LogP contribution in [0.3, 0.4) is 0 Å². The van der Waals surface area contributed by atoms with Crippen molar-refractivity contribution >= 4 is 21.4 Å². The van der Waals surface area contributed by atoms with Gasteiger partial charge in [-0.2, -0.15) is 4.31 Å². The van der Waals surface area contributed by atoms with Crippen LogP contribution in [0.1, 0.15) is 18.9 Å². The van der Waals surface area contributed by atoms with Crippen LogP contribution in [0.5, 0.6) is 0 Å². The van der Waals surface area contributed by atoms with Gasteiger partial charge in [-0.25, -0.2) is 13.4 Å². The Kier molecular flexibility index (Phi) is 4.55. The van der Waals surface area contributed by atoms with Crippen LogP contribution >= 0.6 is 11.3 Å². The Hall–Kier alpha value is -1.28. The normalized spacial score (nSPS) is 23.1. The lowest BCUT2D eigenvalue weighted by Crippen LogP contribution is -2.48. The largest absolute Gasteiger partial charge is 0.373 e. The maximum atomic E-state index is 13.1. The van der Waals surface area contributed by atoms with Gasteiger partial charge >= 0.3 is 0 Å². The number of hydrogen-bond acceptors (Lipinski definition) is 5. The third-order valence-electron chi connectivity index (χ3n) is 3.71. The molecule has 3 rings (SSSR count). The first-order valence-corrected chi connectivity index (χ1v) is 9.82. The van der Waals surface area contributed by atoms with Crippen molar-refractivity contribution < 1.29 is 13.2 Å². The number of aromatic nitrogens is 1. The number of rotatable bonds is 3. The second-order valence-electron chi connectivity index (χ2n) is 5.81. The van der Waals surface area contributed by atoms with Gasteiger partial charge in [0.15, 0.2) is 5.03 Å². The molecule has 1 aromatic heterocycles. The second kappa shape index (κ2) is 6.32. The first-order valence-electron chi connectivity index (χ1n) is 7.56. The Bertz CT molecular complexity index is 777. The van der Waals surface area contributed by atoms with Crippen molar-refractivity contribution in [3.63, 3.8) is 0 Å². The molecule has 0 aliphatic carbocycles. The van der Waals surface area contributed by atoms with Crippen molar-refractivity contribution in [3.8, 4) is 10.4 Å². The van der Waals surface area contributed by atoms with Crippen LogP contribution in [0.2, 0.25) is 0 Å². The molecule has 2 atom stereocenters. The fraction of sp³-hybridized carbons (Fsp3) is 0.438. The van der Waals surface area contributed by atoms with Gasteiger partial charge in [0.1, 0.15) is 0 Å². The van der Waals surface area contributed by atoms with Crippen molar-refractivity contribution in [3.05, 3.63) is 35.3 Å². The summed E-state index contributed by atoms with van der Waals surface area (Å²) in [6, 6.07) is 9.54. The van der Waals surface area contributed by atoms with Gasteiger partial charge < -0.3 is 4.74 Å². The zero-order chi connectivity index (χ0) is 16.6. The van der Waals surface area contributed by atoms with Gasteiger partial charge in [0.2, 0.25) is 0 Å². The van der Waals surface area contributed by atoms with E-state index in [1.165, 1.54) is 15.6 Å². The van der Waals surface area contributed by atoms with Gasteiger partial charge in [-0.3, -0.25) is 0 Å². The molecule has 0 N–H and O–H groups in total. The summed E-state index contributed by atoms with van der Waals surface area (Å²) in [6.45, 7) is 6.33. The Morgan fingerprint density at radius 1 is 1.17 bits per heavy atom. The van der Waals surface area contributed by atoms with E-state index in [0.29, 0.717) is 18.0 Å². The van der Waals surface area contributed by atoms with E-state index in [-0.39, 0.29) is 17.2 Å². The Morgan fingerprint density at radius 3 is 2.39 bits per heavy atom. The van der Waals surface area contributed by atoms with Crippen LogP contribution in [-0.2, 0) is 14.8 Å². The van der Waals surface area contributed by atoms with Gasteiger partial charge in [-0.15, -0.1) is 11.3 Å². The first-order chi connectivity index (χ1) is 10.9. The fourth-order valence-electron chi connectivity index (χ4n) is 2.80. The molecule has 0 saturated carbocycles. The lowest BCUT2D eigenvalue weighted by Gasteiger charge is -2.34. The lowest BCUT2D eigenvalue weighted by molar-refractivity contribution is -0.0441. The fourth-order valence-corrected chi connectivity index (χ4v) is 5.78. The zero-order valence-electron chi connectivity index (χ0n) is 13.4. The number of nitrogens with zero attached hydrogens (tertiary/aromatic N) is 2. The highest BCUT2D eigenvalue weighted by Gasteiger charge is 2.35. The average molecular weight is 352 g/mol. The summed E-state index contributed by atoms with van der Waals surface area (Å²) in [4.78, 5) is 5.04. The summed E-state index contributed by atoms with van der Waals surface area (Å²) >= 11 is 1.41. The van der Waals surface area contributed by atoms with Crippen LogP contribution in [-0.4, -0.2) is 43.0 Å². The summed E-state index contributed by atoms with van der Waals surface area (Å²) in [5, 5.41) is 0.907. The minimum atomic E-state index is -3.63. The van der Waals surface area contributed by atoms with E-state index in [0.717, 1.165) is 10.6 Å². The quantitative estimate of drug-likeness (QED) is 0.852. The SMILES string of the molecule is Cc1nc(S(=O)(=O)N2CC(C)OC(C)C2)c(-c2ccccc2)s1. The molecular weight excluding hydrogens is 332 g/mol. The molecule has 0 amide bonds. The molecule has 0 radical (unpaired) electrons. The Balaban J connectivity index is 2.04. The molecule has 5 nitrogen and oxygen atoms in total. The van der Waals surface area contributed by atoms with E-state index in [2.05, 4.69) is 4.98 Å². The number of morpholine rings is 1. The molecule has 1 aliphatic rings. The van der Waals surface area contributed by atoms with Crippen molar-refractivity contribution in [2.24, 2.45) is 0 Å². The van der Waals surface area contributed by atoms with E-state index < -0.39 is 10.0 Å². The van der Waals surface area contributed by atoms with E-state index in [9.17, 15) is 8.42 Å². The summed E-state index contributed by atoms with van der Waals surface area (Å²) in [7, 11) is -3.63. The number of hydrogen-bond donors (Lipinski definition) is 0. The maximum Gasteiger partial charge on any atom is 0.262 e. The van der Waals surface area contributed by atoms with E-state index in [1.807, 2.05) is 51.1 Å². The summed E-state index contributed by atoms with van der Waals surface area (Å²) < 4.78 is 33.3. The van der Waals surface area contributed by atoms with Gasteiger partial charge in [0, 0.05) is 13.1 Å². The van der Waals surface area contributed by atoms with Crippen LogP contribution in [0.4, 0.5) is 0 Å². The molecule has 2 aromatic rings. The molecule has 0 bridgehead atoms. The molecule has 0 spiro atoms. The Morgan fingerprint density at radius 2 is 1.78 bits per heavy atom. The molecule has 2 heterocycles. The number of ether oxygens (including phenoxy) is 1. The molecule has 7 heteroatoms. The molecule has 1 aromatic carbocycles. The maximum absolute atomic E-state index is 13.1. The predicted molar refractivity (Wildman–Crippen MR) is 91.1 cm³/mol. The smallest absolute Gasteiger partial charge is 0.262 e. The van der Waals surface area contributed by atoms with Crippen molar-refractivity contribution in [2.45, 2.75) is 38.0 Å². The van der Waals surface area contributed by atoms with E-state index in [1.54, 1.807) is 0 Å². The highest BCUT2D eigenvalue weighted by Crippen LogP contribution is 2.35. The predicted octanol–water partition coefficient (Wildman–Crippen LogP) is 2.92. The number of aryl methyl sites for hydroxylation is 1. The van der Waals surface area contributed by atoms with Crippen LogP contribution in [0, 0.1) is 6.92 Å². The molecule has 1 aliphatic heterocycles. The lowest BCUT2D eigenvalue weighted by atomic mass is 10.2.